The maximum atomic E-state index is 11.7. The maximum Gasteiger partial charge on any atom is 0.280 e. The first-order valence-electron chi connectivity index (χ1n) is 6.26. The second-order valence-corrected chi connectivity index (χ2v) is 5.33. The molecule has 20 heavy (non-hydrogen) atoms. The van der Waals surface area contributed by atoms with Gasteiger partial charge in [0, 0.05) is 0 Å². The molecule has 1 aliphatic rings. The molecule has 0 saturated carbocycles. The average molecular weight is 297 g/mol. The minimum atomic E-state index is -0.690. The lowest BCUT2D eigenvalue weighted by molar-refractivity contribution is -0.0180. The number of anilines is 1. The Morgan fingerprint density at radius 2 is 2.40 bits per heavy atom. The standard InChI is InChI=1S/C11H15N5O3S/c1-2-4-6(17)7(20)10(19-4)16-3-13-5-8(16)14-11(12)15-9(5)18/h3-4,6-7,10,17,20H,2H2,1H3,(H3,12,14,15,18)/t4-,6-,7-,10-/m1/s1. The number of nitrogens with two attached hydrogens (primary N) is 1. The van der Waals surface area contributed by atoms with Gasteiger partial charge in [0.2, 0.25) is 5.95 Å². The zero-order valence-electron chi connectivity index (χ0n) is 10.7. The number of ether oxygens (including phenoxy) is 1. The van der Waals surface area contributed by atoms with Gasteiger partial charge in [-0.3, -0.25) is 14.3 Å². The minimum absolute atomic E-state index is 0.00514. The lowest BCUT2D eigenvalue weighted by Gasteiger charge is -2.16. The van der Waals surface area contributed by atoms with E-state index in [-0.39, 0.29) is 17.6 Å². The monoisotopic (exact) mass is 297 g/mol. The highest BCUT2D eigenvalue weighted by molar-refractivity contribution is 7.81. The smallest absolute Gasteiger partial charge is 0.280 e. The van der Waals surface area contributed by atoms with E-state index in [1.165, 1.54) is 6.33 Å². The van der Waals surface area contributed by atoms with Crippen LogP contribution in [0.4, 0.5) is 5.95 Å². The van der Waals surface area contributed by atoms with Crippen molar-refractivity contribution in [3.05, 3.63) is 16.7 Å². The summed E-state index contributed by atoms with van der Waals surface area (Å²) >= 11 is 4.39. The van der Waals surface area contributed by atoms with E-state index in [1.54, 1.807) is 4.57 Å². The fourth-order valence-corrected chi connectivity index (χ4v) is 2.83. The van der Waals surface area contributed by atoms with Crippen LogP contribution in [-0.2, 0) is 4.74 Å². The molecule has 0 spiro atoms. The molecular formula is C11H15N5O3S. The summed E-state index contributed by atoms with van der Waals surface area (Å²) in [6.45, 7) is 1.92. The topological polar surface area (TPSA) is 119 Å². The van der Waals surface area contributed by atoms with Crippen molar-refractivity contribution in [1.29, 1.82) is 0 Å². The second-order valence-electron chi connectivity index (χ2n) is 4.73. The Morgan fingerprint density at radius 1 is 1.65 bits per heavy atom. The van der Waals surface area contributed by atoms with Crippen LogP contribution in [0.3, 0.4) is 0 Å². The zero-order valence-corrected chi connectivity index (χ0v) is 11.6. The van der Waals surface area contributed by atoms with Crippen molar-refractivity contribution in [3.8, 4) is 0 Å². The molecule has 2 aromatic heterocycles. The van der Waals surface area contributed by atoms with Crippen molar-refractivity contribution < 1.29 is 9.84 Å². The van der Waals surface area contributed by atoms with E-state index in [4.69, 9.17) is 10.5 Å². The predicted octanol–water partition coefficient (Wildman–Crippen LogP) is -0.332. The highest BCUT2D eigenvalue weighted by Gasteiger charge is 2.42. The Balaban J connectivity index is 2.09. The molecule has 0 aliphatic carbocycles. The van der Waals surface area contributed by atoms with Gasteiger partial charge in [-0.05, 0) is 6.42 Å². The van der Waals surface area contributed by atoms with E-state index in [9.17, 15) is 9.90 Å². The summed E-state index contributed by atoms with van der Waals surface area (Å²) in [5, 5.41) is 9.63. The molecule has 3 rings (SSSR count). The zero-order chi connectivity index (χ0) is 14.4. The largest absolute Gasteiger partial charge is 0.389 e. The minimum Gasteiger partial charge on any atom is -0.389 e. The molecule has 0 bridgehead atoms. The number of aromatic amines is 1. The number of nitrogens with one attached hydrogen (secondary N) is 1. The molecule has 4 atom stereocenters. The van der Waals surface area contributed by atoms with Crippen molar-refractivity contribution in [2.24, 2.45) is 0 Å². The Hall–Kier alpha value is -1.58. The highest BCUT2D eigenvalue weighted by Crippen LogP contribution is 2.35. The molecule has 0 amide bonds. The first-order valence-corrected chi connectivity index (χ1v) is 6.78. The van der Waals surface area contributed by atoms with E-state index < -0.39 is 23.1 Å². The number of H-pyrrole nitrogens is 1. The maximum absolute atomic E-state index is 11.7. The number of hydrogen-bond donors (Lipinski definition) is 4. The van der Waals surface area contributed by atoms with Crippen molar-refractivity contribution in [2.45, 2.75) is 37.0 Å². The van der Waals surface area contributed by atoms with E-state index in [0.717, 1.165) is 0 Å². The number of nitrogen functional groups attached to an aromatic ring is 1. The van der Waals surface area contributed by atoms with E-state index >= 15 is 0 Å². The number of nitrogens with zero attached hydrogens (tertiary/aromatic N) is 3. The fourth-order valence-electron chi connectivity index (χ4n) is 2.43. The number of imidazole rings is 1. The van der Waals surface area contributed by atoms with Crippen LogP contribution in [0.15, 0.2) is 11.1 Å². The van der Waals surface area contributed by atoms with Gasteiger partial charge in [-0.1, -0.05) is 6.92 Å². The number of aliphatic hydroxyl groups is 1. The van der Waals surface area contributed by atoms with Gasteiger partial charge in [0.05, 0.1) is 23.8 Å². The summed E-state index contributed by atoms with van der Waals surface area (Å²) in [5.74, 6) is 0.00514. The Kier molecular flexibility index (Phi) is 3.19. The van der Waals surface area contributed by atoms with Gasteiger partial charge in [0.25, 0.3) is 5.56 Å². The number of thiol groups is 1. The predicted molar refractivity (Wildman–Crippen MR) is 75.5 cm³/mol. The molecule has 0 aromatic carbocycles. The van der Waals surface area contributed by atoms with Crippen LogP contribution in [0.2, 0.25) is 0 Å². The van der Waals surface area contributed by atoms with Crippen LogP contribution in [0.1, 0.15) is 19.6 Å². The van der Waals surface area contributed by atoms with Gasteiger partial charge in [-0.15, -0.1) is 0 Å². The van der Waals surface area contributed by atoms with Crippen LogP contribution in [0, 0.1) is 0 Å². The summed E-state index contributed by atoms with van der Waals surface area (Å²) in [7, 11) is 0. The SMILES string of the molecule is CC[C@H]1O[C@@H](n2cnc3c(=O)[nH]c(N)nc32)[C@H](S)[C@@H]1O. The Bertz CT molecular complexity index is 699. The first kappa shape index (κ1) is 13.4. The third-order valence-electron chi connectivity index (χ3n) is 3.46. The molecule has 8 nitrogen and oxygen atoms in total. The summed E-state index contributed by atoms with van der Waals surface area (Å²) in [6, 6.07) is 0. The summed E-state index contributed by atoms with van der Waals surface area (Å²) in [6.07, 6.45) is 0.573. The molecule has 0 unspecified atom stereocenters. The Labute approximate surface area is 119 Å². The van der Waals surface area contributed by atoms with Crippen LogP contribution in [0.25, 0.3) is 11.2 Å². The quantitative estimate of drug-likeness (QED) is 0.564. The molecular weight excluding hydrogens is 282 g/mol. The van der Waals surface area contributed by atoms with Gasteiger partial charge in [0.15, 0.2) is 17.4 Å². The van der Waals surface area contributed by atoms with Gasteiger partial charge in [0.1, 0.15) is 0 Å². The van der Waals surface area contributed by atoms with Gasteiger partial charge in [-0.2, -0.15) is 17.6 Å². The summed E-state index contributed by atoms with van der Waals surface area (Å²) < 4.78 is 7.35. The lowest BCUT2D eigenvalue weighted by Crippen LogP contribution is -2.27. The van der Waals surface area contributed by atoms with Gasteiger partial charge >= 0.3 is 0 Å². The molecule has 2 aromatic rings. The van der Waals surface area contributed by atoms with E-state index in [0.29, 0.717) is 12.1 Å². The Morgan fingerprint density at radius 3 is 3.05 bits per heavy atom. The van der Waals surface area contributed by atoms with Crippen LogP contribution < -0.4 is 11.3 Å². The second kappa shape index (κ2) is 4.76. The molecule has 4 N–H and O–H groups in total. The first-order chi connectivity index (χ1) is 9.52. The molecule has 1 fully saturated rings. The molecule has 3 heterocycles. The van der Waals surface area contributed by atoms with Crippen molar-refractivity contribution in [2.75, 3.05) is 5.73 Å². The number of fused-ring (bicyclic) bond motifs is 1. The van der Waals surface area contributed by atoms with Crippen LogP contribution in [0.5, 0.6) is 0 Å². The molecule has 108 valence electrons. The number of hydrogen-bond acceptors (Lipinski definition) is 7. The summed E-state index contributed by atoms with van der Waals surface area (Å²) in [5.41, 5.74) is 5.64. The number of aliphatic hydroxyl groups excluding tert-OH is 1. The fraction of sp³-hybridized carbons (Fsp3) is 0.545. The number of aromatic nitrogens is 4. The molecule has 1 saturated heterocycles. The lowest BCUT2D eigenvalue weighted by atomic mass is 10.1. The average Bonchev–Trinajstić information content (AvgIpc) is 2.93. The molecule has 1 aliphatic heterocycles. The van der Waals surface area contributed by atoms with Gasteiger partial charge < -0.3 is 15.6 Å². The van der Waals surface area contributed by atoms with Gasteiger partial charge in [-0.25, -0.2) is 4.98 Å². The van der Waals surface area contributed by atoms with Crippen molar-refractivity contribution >= 4 is 29.7 Å². The third kappa shape index (κ3) is 1.89. The number of rotatable bonds is 2. The van der Waals surface area contributed by atoms with E-state index in [2.05, 4.69) is 27.6 Å². The van der Waals surface area contributed by atoms with Crippen molar-refractivity contribution in [3.63, 3.8) is 0 Å². The molecule has 9 heteroatoms. The van der Waals surface area contributed by atoms with Crippen LogP contribution in [-0.4, -0.2) is 42.1 Å². The van der Waals surface area contributed by atoms with Crippen LogP contribution >= 0.6 is 12.6 Å². The highest BCUT2D eigenvalue weighted by atomic mass is 32.1. The summed E-state index contributed by atoms with van der Waals surface area (Å²) in [4.78, 5) is 22.2. The normalized spacial score (nSPS) is 30.1. The third-order valence-corrected chi connectivity index (χ3v) is 4.02. The van der Waals surface area contributed by atoms with E-state index in [1.807, 2.05) is 6.92 Å². The molecule has 0 radical (unpaired) electrons. The van der Waals surface area contributed by atoms with Crippen molar-refractivity contribution in [1.82, 2.24) is 19.5 Å².